The van der Waals surface area contributed by atoms with Crippen molar-refractivity contribution in [2.24, 2.45) is 5.41 Å². The second-order valence-electron chi connectivity index (χ2n) is 4.17. The lowest BCUT2D eigenvalue weighted by molar-refractivity contribution is 0.113. The zero-order valence-corrected chi connectivity index (χ0v) is 11.0. The molecule has 0 aliphatic heterocycles. The van der Waals surface area contributed by atoms with Crippen LogP contribution in [-0.2, 0) is 10.8 Å². The van der Waals surface area contributed by atoms with Crippen LogP contribution in [0.25, 0.3) is 0 Å². The predicted molar refractivity (Wildman–Crippen MR) is 66.5 cm³/mol. The van der Waals surface area contributed by atoms with E-state index in [1.807, 2.05) is 0 Å². The molecule has 0 spiro atoms. The van der Waals surface area contributed by atoms with Crippen LogP contribution in [0.1, 0.15) is 33.1 Å². The van der Waals surface area contributed by atoms with Crippen LogP contribution >= 0.6 is 0 Å². The number of hydrogen-bond acceptors (Lipinski definition) is 3. The molecule has 0 fully saturated rings. The topological polar surface area (TPSA) is 49.3 Å². The van der Waals surface area contributed by atoms with E-state index in [2.05, 4.69) is 19.2 Å². The molecule has 92 valence electrons. The van der Waals surface area contributed by atoms with E-state index in [1.165, 1.54) is 0 Å². The van der Waals surface area contributed by atoms with E-state index in [1.54, 1.807) is 6.26 Å². The highest BCUT2D eigenvalue weighted by Gasteiger charge is 2.24. The molecule has 0 aliphatic carbocycles. The van der Waals surface area contributed by atoms with Crippen molar-refractivity contribution >= 4 is 10.8 Å². The lowest BCUT2D eigenvalue weighted by Crippen LogP contribution is -2.37. The van der Waals surface area contributed by atoms with Crippen LogP contribution in [0.15, 0.2) is 0 Å². The Morgan fingerprint density at radius 2 is 1.93 bits per heavy atom. The minimum absolute atomic E-state index is 0.0331. The predicted octanol–water partition coefficient (Wildman–Crippen LogP) is 1.14. The molecule has 0 saturated heterocycles. The van der Waals surface area contributed by atoms with Crippen molar-refractivity contribution in [3.05, 3.63) is 0 Å². The third-order valence-corrected chi connectivity index (χ3v) is 3.98. The Morgan fingerprint density at radius 3 is 2.33 bits per heavy atom. The summed E-state index contributed by atoms with van der Waals surface area (Å²) >= 11 is 0. The Labute approximate surface area is 96.1 Å². The van der Waals surface area contributed by atoms with Gasteiger partial charge in [0.1, 0.15) is 0 Å². The van der Waals surface area contributed by atoms with E-state index in [4.69, 9.17) is 0 Å². The molecule has 0 amide bonds. The summed E-state index contributed by atoms with van der Waals surface area (Å²) in [6.07, 6.45) is 4.66. The van der Waals surface area contributed by atoms with Gasteiger partial charge in [0.15, 0.2) is 0 Å². The van der Waals surface area contributed by atoms with Crippen LogP contribution < -0.4 is 5.32 Å². The normalized spacial score (nSPS) is 14.1. The van der Waals surface area contributed by atoms with Gasteiger partial charge in [0.05, 0.1) is 0 Å². The Morgan fingerprint density at radius 1 is 1.33 bits per heavy atom. The lowest BCUT2D eigenvalue weighted by atomic mass is 9.83. The molecule has 4 heteroatoms. The Bertz CT molecular complexity index is 173. The van der Waals surface area contributed by atoms with Gasteiger partial charge in [0.25, 0.3) is 0 Å². The molecule has 0 saturated carbocycles. The maximum absolute atomic E-state index is 10.8. The van der Waals surface area contributed by atoms with Crippen LogP contribution in [0, 0.1) is 5.41 Å². The number of aliphatic hydroxyl groups is 1. The molecule has 3 nitrogen and oxygen atoms in total. The fourth-order valence-corrected chi connectivity index (χ4v) is 2.08. The molecule has 2 N–H and O–H groups in total. The number of hydrogen-bond donors (Lipinski definition) is 2. The largest absolute Gasteiger partial charge is 0.396 e. The number of aliphatic hydroxyl groups excluding tert-OH is 1. The van der Waals surface area contributed by atoms with Crippen molar-refractivity contribution in [2.45, 2.75) is 33.1 Å². The van der Waals surface area contributed by atoms with E-state index in [0.717, 1.165) is 38.1 Å². The molecular weight excluding hydrogens is 210 g/mol. The molecule has 0 aromatic rings. The lowest BCUT2D eigenvalue weighted by Gasteiger charge is -2.29. The van der Waals surface area contributed by atoms with Crippen molar-refractivity contribution in [3.8, 4) is 0 Å². The standard InChI is InChI=1S/C11H25NO2S/c1-4-11(5-2,10-13)9-12-7-6-8-15(3)14/h12-13H,4-10H2,1-3H3. The van der Waals surface area contributed by atoms with Gasteiger partial charge in [-0.2, -0.15) is 0 Å². The first-order chi connectivity index (χ1) is 7.10. The van der Waals surface area contributed by atoms with E-state index >= 15 is 0 Å². The summed E-state index contributed by atoms with van der Waals surface area (Å²) in [5.41, 5.74) is 0.0331. The van der Waals surface area contributed by atoms with E-state index in [0.29, 0.717) is 0 Å². The number of nitrogens with one attached hydrogen (secondary N) is 1. The highest BCUT2D eigenvalue weighted by molar-refractivity contribution is 7.84. The van der Waals surface area contributed by atoms with Crippen molar-refractivity contribution in [1.82, 2.24) is 5.32 Å². The molecule has 0 bridgehead atoms. The van der Waals surface area contributed by atoms with E-state index in [-0.39, 0.29) is 12.0 Å². The van der Waals surface area contributed by atoms with Gasteiger partial charge in [-0.25, -0.2) is 0 Å². The summed E-state index contributed by atoms with van der Waals surface area (Å²) in [6.45, 7) is 6.21. The first-order valence-electron chi connectivity index (χ1n) is 5.72. The fourth-order valence-electron chi connectivity index (χ4n) is 1.53. The van der Waals surface area contributed by atoms with E-state index < -0.39 is 10.8 Å². The average molecular weight is 235 g/mol. The van der Waals surface area contributed by atoms with Gasteiger partial charge < -0.3 is 10.4 Å². The zero-order valence-electron chi connectivity index (χ0n) is 10.2. The van der Waals surface area contributed by atoms with Gasteiger partial charge in [-0.05, 0) is 25.8 Å². The van der Waals surface area contributed by atoms with Crippen LogP contribution in [0.3, 0.4) is 0 Å². The maximum atomic E-state index is 10.8. The van der Waals surface area contributed by atoms with Gasteiger partial charge in [0, 0.05) is 41.4 Å². The van der Waals surface area contributed by atoms with Crippen LogP contribution in [0.5, 0.6) is 0 Å². The average Bonchev–Trinajstić information content (AvgIpc) is 2.24. The van der Waals surface area contributed by atoms with Gasteiger partial charge in [-0.1, -0.05) is 13.8 Å². The summed E-state index contributed by atoms with van der Waals surface area (Å²) in [5, 5.41) is 12.7. The van der Waals surface area contributed by atoms with Crippen molar-refractivity contribution in [1.29, 1.82) is 0 Å². The minimum atomic E-state index is -0.685. The van der Waals surface area contributed by atoms with E-state index in [9.17, 15) is 9.32 Å². The summed E-state index contributed by atoms with van der Waals surface area (Å²) < 4.78 is 10.8. The minimum Gasteiger partial charge on any atom is -0.396 e. The van der Waals surface area contributed by atoms with Gasteiger partial charge in [-0.15, -0.1) is 0 Å². The SMILES string of the molecule is CCC(CC)(CO)CNCCCS(C)=O. The van der Waals surface area contributed by atoms with Gasteiger partial charge >= 0.3 is 0 Å². The molecule has 0 aromatic carbocycles. The Hall–Kier alpha value is 0.0700. The van der Waals surface area contributed by atoms with Crippen LogP contribution in [-0.4, -0.2) is 41.0 Å². The van der Waals surface area contributed by atoms with Crippen molar-refractivity contribution < 1.29 is 9.32 Å². The summed E-state index contributed by atoms with van der Waals surface area (Å²) in [6, 6.07) is 0. The third kappa shape index (κ3) is 6.28. The van der Waals surface area contributed by atoms with Crippen molar-refractivity contribution in [3.63, 3.8) is 0 Å². The van der Waals surface area contributed by atoms with Gasteiger partial charge in [-0.3, -0.25) is 4.21 Å². The van der Waals surface area contributed by atoms with Crippen LogP contribution in [0.4, 0.5) is 0 Å². The molecule has 0 aromatic heterocycles. The molecule has 15 heavy (non-hydrogen) atoms. The van der Waals surface area contributed by atoms with Crippen LogP contribution in [0.2, 0.25) is 0 Å². The highest BCUT2D eigenvalue weighted by Crippen LogP contribution is 2.24. The molecule has 0 aliphatic rings. The Kier molecular flexibility index (Phi) is 8.29. The molecule has 0 radical (unpaired) electrons. The molecule has 1 unspecified atom stereocenters. The summed E-state index contributed by atoms with van der Waals surface area (Å²) in [5.74, 6) is 0.761. The Balaban J connectivity index is 3.67. The molecule has 1 atom stereocenters. The smallest absolute Gasteiger partial charge is 0.0499 e. The fraction of sp³-hybridized carbons (Fsp3) is 1.00. The first-order valence-corrected chi connectivity index (χ1v) is 7.44. The molecule has 0 heterocycles. The second-order valence-corrected chi connectivity index (χ2v) is 5.73. The third-order valence-electron chi connectivity index (χ3n) is 3.12. The zero-order chi connectivity index (χ0) is 11.7. The monoisotopic (exact) mass is 235 g/mol. The quantitative estimate of drug-likeness (QED) is 0.589. The highest BCUT2D eigenvalue weighted by atomic mass is 32.2. The summed E-state index contributed by atoms with van der Waals surface area (Å²) in [7, 11) is -0.685. The summed E-state index contributed by atoms with van der Waals surface area (Å²) in [4.78, 5) is 0. The van der Waals surface area contributed by atoms with Crippen molar-refractivity contribution in [2.75, 3.05) is 31.7 Å². The van der Waals surface area contributed by atoms with Gasteiger partial charge in [0.2, 0.25) is 0 Å². The first kappa shape index (κ1) is 15.1. The molecular formula is C11H25NO2S. The maximum Gasteiger partial charge on any atom is 0.0499 e. The second kappa shape index (κ2) is 8.25. The molecule has 0 rings (SSSR count). The number of rotatable bonds is 9.